The van der Waals surface area contributed by atoms with Gasteiger partial charge in [0.05, 0.1) is 18.1 Å². The Morgan fingerprint density at radius 1 is 1.06 bits per heavy atom. The highest BCUT2D eigenvalue weighted by molar-refractivity contribution is 5.97. The molecule has 8 nitrogen and oxygen atoms in total. The minimum Gasteiger partial charge on any atom is -0.452 e. The fourth-order valence-electron chi connectivity index (χ4n) is 3.21. The van der Waals surface area contributed by atoms with E-state index in [0.717, 1.165) is 16.7 Å². The van der Waals surface area contributed by atoms with E-state index in [9.17, 15) is 14.4 Å². The zero-order chi connectivity index (χ0) is 24.4. The van der Waals surface area contributed by atoms with Gasteiger partial charge >= 0.3 is 12.0 Å². The van der Waals surface area contributed by atoms with Gasteiger partial charge in [-0.25, -0.2) is 9.59 Å². The molecule has 0 spiro atoms. The lowest BCUT2D eigenvalue weighted by Gasteiger charge is -2.22. The molecule has 0 aliphatic heterocycles. The number of nitrogens with zero attached hydrogens (tertiary/aromatic N) is 2. The fraction of sp³-hybridized carbons (Fsp3) is 0.360. The highest BCUT2D eigenvalue weighted by Crippen LogP contribution is 2.19. The molecule has 0 fully saturated rings. The molecule has 0 atom stereocenters. The Morgan fingerprint density at radius 3 is 2.27 bits per heavy atom. The number of amides is 3. The van der Waals surface area contributed by atoms with E-state index in [2.05, 4.69) is 10.6 Å². The van der Waals surface area contributed by atoms with Gasteiger partial charge in [-0.05, 0) is 68.7 Å². The maximum atomic E-state index is 12.8. The number of hydrogen-bond acceptors (Lipinski definition) is 5. The number of urea groups is 1. The Labute approximate surface area is 194 Å². The Morgan fingerprint density at radius 2 is 1.70 bits per heavy atom. The number of carbonyl (C=O) groups is 3. The Hall–Kier alpha value is -3.86. The predicted molar refractivity (Wildman–Crippen MR) is 126 cm³/mol. The maximum Gasteiger partial charge on any atom is 0.338 e. The van der Waals surface area contributed by atoms with Crippen molar-refractivity contribution in [2.45, 2.75) is 46.7 Å². The zero-order valence-corrected chi connectivity index (χ0v) is 19.5. The molecule has 8 heteroatoms. The van der Waals surface area contributed by atoms with Crippen molar-refractivity contribution in [3.05, 3.63) is 64.7 Å². The van der Waals surface area contributed by atoms with Crippen LogP contribution in [0.2, 0.25) is 0 Å². The van der Waals surface area contributed by atoms with Crippen LogP contribution < -0.4 is 15.5 Å². The number of benzene rings is 2. The average Bonchev–Trinajstić information content (AvgIpc) is 2.75. The van der Waals surface area contributed by atoms with Gasteiger partial charge in [-0.3, -0.25) is 4.79 Å². The van der Waals surface area contributed by atoms with Gasteiger partial charge in [-0.2, -0.15) is 5.26 Å². The second-order valence-corrected chi connectivity index (χ2v) is 8.05. The van der Waals surface area contributed by atoms with Crippen molar-refractivity contribution in [1.29, 1.82) is 5.26 Å². The number of aryl methyl sites for hydroxylation is 2. The van der Waals surface area contributed by atoms with Crippen LogP contribution in [0.5, 0.6) is 0 Å². The number of esters is 1. The summed E-state index contributed by atoms with van der Waals surface area (Å²) in [4.78, 5) is 38.3. The van der Waals surface area contributed by atoms with Crippen LogP contribution in [0.15, 0.2) is 42.5 Å². The monoisotopic (exact) mass is 450 g/mol. The SMILES string of the molecule is Cc1cc(C)cc(N(CCC#N)C(=O)COC(=O)c2ccc(CNC(=O)NC(C)C)cc2)c1. The highest BCUT2D eigenvalue weighted by atomic mass is 16.5. The zero-order valence-electron chi connectivity index (χ0n) is 19.5. The summed E-state index contributed by atoms with van der Waals surface area (Å²) in [6, 6.07) is 14.1. The van der Waals surface area contributed by atoms with E-state index in [1.807, 2.05) is 52.0 Å². The van der Waals surface area contributed by atoms with Crippen molar-refractivity contribution in [2.75, 3.05) is 18.1 Å². The summed E-state index contributed by atoms with van der Waals surface area (Å²) >= 11 is 0. The number of nitrogens with one attached hydrogen (secondary N) is 2. The number of ether oxygens (including phenoxy) is 1. The van der Waals surface area contributed by atoms with E-state index < -0.39 is 18.5 Å². The summed E-state index contributed by atoms with van der Waals surface area (Å²) in [6.45, 7) is 7.69. The molecule has 3 amide bonds. The standard InChI is InChI=1S/C25H30N4O4/c1-17(2)28-25(32)27-15-20-6-8-21(9-7-20)24(31)33-16-23(30)29(11-5-10-26)22-13-18(3)12-19(4)14-22/h6-9,12-14,17H,5,11,15-16H2,1-4H3,(H2,27,28,32). The molecule has 174 valence electrons. The molecule has 0 heterocycles. The van der Waals surface area contributed by atoms with Crippen molar-refractivity contribution in [1.82, 2.24) is 10.6 Å². The molecule has 2 N–H and O–H groups in total. The van der Waals surface area contributed by atoms with Gasteiger partial charge in [-0.1, -0.05) is 18.2 Å². The topological polar surface area (TPSA) is 112 Å². The average molecular weight is 451 g/mol. The third kappa shape index (κ3) is 8.30. The molecular formula is C25H30N4O4. The van der Waals surface area contributed by atoms with E-state index >= 15 is 0 Å². The smallest absolute Gasteiger partial charge is 0.338 e. The van der Waals surface area contributed by atoms with E-state index in [0.29, 0.717) is 17.8 Å². The molecule has 2 aromatic rings. The molecule has 33 heavy (non-hydrogen) atoms. The van der Waals surface area contributed by atoms with Crippen LogP contribution in [-0.2, 0) is 16.1 Å². The molecule has 0 radical (unpaired) electrons. The first-order chi connectivity index (χ1) is 15.7. The van der Waals surface area contributed by atoms with Gasteiger partial charge in [0, 0.05) is 24.8 Å². The highest BCUT2D eigenvalue weighted by Gasteiger charge is 2.19. The number of nitriles is 1. The third-order valence-corrected chi connectivity index (χ3v) is 4.66. The Kier molecular flexibility index (Phi) is 9.43. The van der Waals surface area contributed by atoms with Crippen LogP contribution in [0.3, 0.4) is 0 Å². The van der Waals surface area contributed by atoms with Crippen molar-refractivity contribution >= 4 is 23.6 Å². The van der Waals surface area contributed by atoms with Crippen LogP contribution >= 0.6 is 0 Å². The third-order valence-electron chi connectivity index (χ3n) is 4.66. The van der Waals surface area contributed by atoms with Crippen molar-refractivity contribution in [3.63, 3.8) is 0 Å². The normalized spacial score (nSPS) is 10.3. The van der Waals surface area contributed by atoms with Crippen LogP contribution in [0.25, 0.3) is 0 Å². The summed E-state index contributed by atoms with van der Waals surface area (Å²) in [6.07, 6.45) is 0.164. The number of hydrogen-bond donors (Lipinski definition) is 2. The molecule has 2 rings (SSSR count). The van der Waals surface area contributed by atoms with Crippen LogP contribution in [0.4, 0.5) is 10.5 Å². The first-order valence-corrected chi connectivity index (χ1v) is 10.8. The first-order valence-electron chi connectivity index (χ1n) is 10.8. The molecule has 0 saturated carbocycles. The van der Waals surface area contributed by atoms with Gasteiger partial charge < -0.3 is 20.3 Å². The first kappa shape index (κ1) is 25.4. The van der Waals surface area contributed by atoms with Crippen LogP contribution in [0, 0.1) is 25.2 Å². The lowest BCUT2D eigenvalue weighted by atomic mass is 10.1. The molecule has 0 aliphatic carbocycles. The second-order valence-electron chi connectivity index (χ2n) is 8.05. The largest absolute Gasteiger partial charge is 0.452 e. The van der Waals surface area contributed by atoms with E-state index in [1.54, 1.807) is 24.3 Å². The maximum absolute atomic E-state index is 12.8. The van der Waals surface area contributed by atoms with Gasteiger partial charge in [0.15, 0.2) is 6.61 Å². The summed E-state index contributed by atoms with van der Waals surface area (Å²) in [5.74, 6) is -1.03. The van der Waals surface area contributed by atoms with E-state index in [-0.39, 0.29) is 25.0 Å². The van der Waals surface area contributed by atoms with Crippen LogP contribution in [-0.4, -0.2) is 37.1 Å². The lowest BCUT2D eigenvalue weighted by molar-refractivity contribution is -0.121. The summed E-state index contributed by atoms with van der Waals surface area (Å²) in [7, 11) is 0. The van der Waals surface area contributed by atoms with Crippen LogP contribution in [0.1, 0.15) is 47.3 Å². The second kappa shape index (κ2) is 12.2. The molecule has 0 aromatic heterocycles. The molecular weight excluding hydrogens is 420 g/mol. The fourth-order valence-corrected chi connectivity index (χ4v) is 3.21. The Bertz CT molecular complexity index is 1010. The van der Waals surface area contributed by atoms with Gasteiger partial charge in [0.2, 0.25) is 0 Å². The van der Waals surface area contributed by atoms with E-state index in [4.69, 9.17) is 10.00 Å². The number of anilines is 1. The van der Waals surface area contributed by atoms with E-state index in [1.165, 1.54) is 4.90 Å². The van der Waals surface area contributed by atoms with Crippen molar-refractivity contribution in [3.8, 4) is 6.07 Å². The summed E-state index contributed by atoms with van der Waals surface area (Å²) in [5, 5.41) is 14.4. The quantitative estimate of drug-likeness (QED) is 0.567. The molecule has 0 aliphatic rings. The summed E-state index contributed by atoms with van der Waals surface area (Å²) < 4.78 is 5.22. The minimum atomic E-state index is -0.624. The van der Waals surface area contributed by atoms with Crippen molar-refractivity contribution in [2.24, 2.45) is 0 Å². The lowest BCUT2D eigenvalue weighted by Crippen LogP contribution is -2.39. The Balaban J connectivity index is 1.96. The van der Waals surface area contributed by atoms with Gasteiger partial charge in [-0.15, -0.1) is 0 Å². The molecule has 0 unspecified atom stereocenters. The molecule has 0 bridgehead atoms. The van der Waals surface area contributed by atoms with Gasteiger partial charge in [0.25, 0.3) is 5.91 Å². The van der Waals surface area contributed by atoms with Crippen molar-refractivity contribution < 1.29 is 19.1 Å². The van der Waals surface area contributed by atoms with Gasteiger partial charge in [0.1, 0.15) is 0 Å². The predicted octanol–water partition coefficient (Wildman–Crippen LogP) is 3.61. The molecule has 2 aromatic carbocycles. The number of rotatable bonds is 9. The summed E-state index contributed by atoms with van der Waals surface area (Å²) in [5.41, 5.74) is 3.77. The molecule has 0 saturated heterocycles. The number of carbonyl (C=O) groups excluding carboxylic acids is 3. The minimum absolute atomic E-state index is 0.0376.